The van der Waals surface area contributed by atoms with E-state index in [-0.39, 0.29) is 6.82 Å². The third-order valence-corrected chi connectivity index (χ3v) is 8.22. The molecule has 14 heavy (non-hydrogen) atoms. The summed E-state index contributed by atoms with van der Waals surface area (Å²) in [5, 5.41) is 1.25. The molecule has 6 heteroatoms. The SMILES string of the molecule is CC(CC1SC1(S)S)CC1SC1(S)S. The maximum atomic E-state index is 4.44. The minimum absolute atomic E-state index is 0.0516. The topological polar surface area (TPSA) is 0 Å². The summed E-state index contributed by atoms with van der Waals surface area (Å²) < 4.78 is -0.103. The van der Waals surface area contributed by atoms with Crippen LogP contribution in [0.5, 0.6) is 0 Å². The molecule has 2 heterocycles. The van der Waals surface area contributed by atoms with Crippen molar-refractivity contribution in [2.45, 2.75) is 37.1 Å². The van der Waals surface area contributed by atoms with E-state index in [0.29, 0.717) is 10.5 Å². The van der Waals surface area contributed by atoms with Gasteiger partial charge in [0, 0.05) is 10.5 Å². The first-order valence-electron chi connectivity index (χ1n) is 4.56. The van der Waals surface area contributed by atoms with Crippen LogP contribution in [0, 0.1) is 5.92 Å². The summed E-state index contributed by atoms with van der Waals surface area (Å²) in [5.74, 6) is 0.729. The number of rotatable bonds is 4. The molecule has 0 aromatic carbocycles. The third-order valence-electron chi connectivity index (χ3n) is 2.59. The van der Waals surface area contributed by atoms with Gasteiger partial charge in [0.1, 0.15) is 6.82 Å². The first kappa shape index (κ1) is 12.6. The first-order chi connectivity index (χ1) is 6.31. The van der Waals surface area contributed by atoms with Crippen molar-refractivity contribution in [1.29, 1.82) is 0 Å². The molecule has 0 saturated carbocycles. The Balaban J connectivity index is 1.68. The molecular weight excluding hydrogens is 288 g/mol. The van der Waals surface area contributed by atoms with Gasteiger partial charge in [-0.1, -0.05) is 6.92 Å². The molecule has 2 rings (SSSR count). The summed E-state index contributed by atoms with van der Waals surface area (Å²) in [4.78, 5) is 0. The van der Waals surface area contributed by atoms with Crippen molar-refractivity contribution in [1.82, 2.24) is 0 Å². The number of thioether (sulfide) groups is 2. The summed E-state index contributed by atoms with van der Waals surface area (Å²) in [6.45, 7) is 2.30. The highest BCUT2D eigenvalue weighted by Crippen LogP contribution is 2.64. The zero-order valence-corrected chi connectivity index (χ0v) is 13.0. The lowest BCUT2D eigenvalue weighted by Crippen LogP contribution is -2.08. The van der Waals surface area contributed by atoms with Crippen molar-refractivity contribution >= 4 is 74.0 Å². The summed E-state index contributed by atoms with van der Waals surface area (Å²) in [7, 11) is 0. The predicted molar refractivity (Wildman–Crippen MR) is 82.6 cm³/mol. The Morgan fingerprint density at radius 3 is 1.50 bits per heavy atom. The first-order valence-corrected chi connectivity index (χ1v) is 8.11. The number of hydrogen-bond acceptors (Lipinski definition) is 6. The van der Waals surface area contributed by atoms with E-state index in [1.54, 1.807) is 0 Å². The van der Waals surface area contributed by atoms with Gasteiger partial charge in [-0.3, -0.25) is 0 Å². The average Bonchev–Trinajstić information content (AvgIpc) is 2.74. The van der Waals surface area contributed by atoms with Gasteiger partial charge in [0.25, 0.3) is 0 Å². The van der Waals surface area contributed by atoms with E-state index in [1.807, 2.05) is 23.5 Å². The van der Waals surface area contributed by atoms with Crippen molar-refractivity contribution < 1.29 is 0 Å². The van der Waals surface area contributed by atoms with Gasteiger partial charge in [-0.25, -0.2) is 0 Å². The van der Waals surface area contributed by atoms with Crippen LogP contribution in [0.15, 0.2) is 0 Å². The highest BCUT2D eigenvalue weighted by molar-refractivity contribution is 8.32. The molecule has 2 aliphatic rings. The molecule has 0 amide bonds. The third kappa shape index (κ3) is 3.06. The fraction of sp³-hybridized carbons (Fsp3) is 1.00. The molecule has 0 nitrogen and oxygen atoms in total. The van der Waals surface area contributed by atoms with Crippen molar-refractivity contribution in [3.05, 3.63) is 0 Å². The van der Waals surface area contributed by atoms with Gasteiger partial charge in [-0.2, -0.15) is 50.5 Å². The lowest BCUT2D eigenvalue weighted by Gasteiger charge is -2.10. The molecule has 0 aromatic rings. The summed E-state index contributed by atoms with van der Waals surface area (Å²) in [5.41, 5.74) is 0. The fourth-order valence-corrected chi connectivity index (χ4v) is 5.27. The van der Waals surface area contributed by atoms with Crippen LogP contribution in [-0.4, -0.2) is 17.3 Å². The zero-order valence-electron chi connectivity index (χ0n) is 7.75. The number of hydrogen-bond donors (Lipinski definition) is 4. The van der Waals surface area contributed by atoms with E-state index in [4.69, 9.17) is 0 Å². The van der Waals surface area contributed by atoms with Crippen molar-refractivity contribution in [3.63, 3.8) is 0 Å². The molecular formula is C8H14S6. The van der Waals surface area contributed by atoms with Gasteiger partial charge in [0.2, 0.25) is 0 Å². The molecule has 2 unspecified atom stereocenters. The summed E-state index contributed by atoms with van der Waals surface area (Å²) in [6.07, 6.45) is 2.43. The average molecular weight is 303 g/mol. The highest BCUT2D eigenvalue weighted by atomic mass is 32.2. The van der Waals surface area contributed by atoms with Crippen molar-refractivity contribution in [3.8, 4) is 0 Å². The minimum Gasteiger partial charge on any atom is -0.150 e. The normalized spacial score (nSPS) is 39.2. The molecule has 2 atom stereocenters. The van der Waals surface area contributed by atoms with Gasteiger partial charge in [-0.15, -0.1) is 23.5 Å². The van der Waals surface area contributed by atoms with E-state index >= 15 is 0 Å². The summed E-state index contributed by atoms with van der Waals surface area (Å²) in [6, 6.07) is 0. The van der Waals surface area contributed by atoms with Gasteiger partial charge in [0.05, 0.1) is 0 Å². The van der Waals surface area contributed by atoms with E-state index in [2.05, 4.69) is 57.4 Å². The largest absolute Gasteiger partial charge is 0.150 e. The zero-order chi connectivity index (χ0) is 10.6. The highest BCUT2D eigenvalue weighted by Gasteiger charge is 2.53. The lowest BCUT2D eigenvalue weighted by atomic mass is 10.0. The molecule has 82 valence electrons. The van der Waals surface area contributed by atoms with Crippen LogP contribution in [0.2, 0.25) is 0 Å². The van der Waals surface area contributed by atoms with E-state index in [0.717, 1.165) is 5.92 Å². The molecule has 0 aliphatic carbocycles. The Labute approximate surface area is 116 Å². The molecule has 0 aromatic heterocycles. The fourth-order valence-electron chi connectivity index (χ4n) is 1.58. The second-order valence-corrected chi connectivity index (χ2v) is 11.7. The van der Waals surface area contributed by atoms with Gasteiger partial charge in [-0.05, 0) is 18.8 Å². The molecule has 0 N–H and O–H groups in total. The molecule has 0 radical (unpaired) electrons. The van der Waals surface area contributed by atoms with Gasteiger partial charge in [0.15, 0.2) is 0 Å². The standard InChI is InChI=1S/C8H14S6/c1-4(2-5-7(9,10)13-5)3-6-8(11,12)14-6/h4-6,9-12H,2-3H2,1H3. The smallest absolute Gasteiger partial charge is 0.113 e. The Morgan fingerprint density at radius 1 is 1.00 bits per heavy atom. The van der Waals surface area contributed by atoms with Crippen molar-refractivity contribution in [2.24, 2.45) is 5.92 Å². The molecule has 0 spiro atoms. The Hall–Kier alpha value is 2.10. The second kappa shape index (κ2) is 4.09. The van der Waals surface area contributed by atoms with Crippen LogP contribution in [0.3, 0.4) is 0 Å². The second-order valence-electron chi connectivity index (χ2n) is 4.11. The molecule has 2 fully saturated rings. The van der Waals surface area contributed by atoms with E-state index < -0.39 is 0 Å². The maximum absolute atomic E-state index is 4.44. The Bertz CT molecular complexity index is 214. The molecule has 0 bridgehead atoms. The molecule has 2 saturated heterocycles. The van der Waals surface area contributed by atoms with Crippen LogP contribution < -0.4 is 0 Å². The molecule has 2 aliphatic heterocycles. The van der Waals surface area contributed by atoms with Crippen molar-refractivity contribution in [2.75, 3.05) is 0 Å². The van der Waals surface area contributed by atoms with Gasteiger partial charge >= 0.3 is 0 Å². The van der Waals surface area contributed by atoms with Crippen LogP contribution in [-0.2, 0) is 0 Å². The van der Waals surface area contributed by atoms with Crippen LogP contribution in [0.25, 0.3) is 0 Å². The summed E-state index contributed by atoms with van der Waals surface area (Å²) >= 11 is 21.4. The maximum Gasteiger partial charge on any atom is 0.113 e. The monoisotopic (exact) mass is 302 g/mol. The Kier molecular flexibility index (Phi) is 3.67. The Morgan fingerprint density at radius 2 is 1.29 bits per heavy atom. The predicted octanol–water partition coefficient (Wildman–Crippen LogP) is 3.66. The minimum atomic E-state index is -0.0516. The van der Waals surface area contributed by atoms with Crippen LogP contribution in [0.1, 0.15) is 19.8 Å². The van der Waals surface area contributed by atoms with Crippen LogP contribution in [0.4, 0.5) is 0 Å². The number of thiol groups is 4. The van der Waals surface area contributed by atoms with E-state index in [9.17, 15) is 0 Å². The van der Waals surface area contributed by atoms with Crippen LogP contribution >= 0.6 is 74.0 Å². The quantitative estimate of drug-likeness (QED) is 0.355. The lowest BCUT2D eigenvalue weighted by molar-refractivity contribution is 0.506. The van der Waals surface area contributed by atoms with E-state index in [1.165, 1.54) is 12.8 Å². The van der Waals surface area contributed by atoms with Gasteiger partial charge < -0.3 is 0 Å².